The van der Waals surface area contributed by atoms with Crippen LogP contribution in [0, 0.1) is 17.1 Å². The van der Waals surface area contributed by atoms with Crippen LogP contribution in [0.25, 0.3) is 0 Å². The third kappa shape index (κ3) is 2.57. The second kappa shape index (κ2) is 5.46. The van der Waals surface area contributed by atoms with Crippen LogP contribution in [0.2, 0.25) is 0 Å². The van der Waals surface area contributed by atoms with Gasteiger partial charge in [-0.3, -0.25) is 0 Å². The molecule has 0 unspecified atom stereocenters. The van der Waals surface area contributed by atoms with Crippen LogP contribution in [0.15, 0.2) is 30.6 Å². The first kappa shape index (κ1) is 12.3. The van der Waals surface area contributed by atoms with Gasteiger partial charge in [0.1, 0.15) is 11.6 Å². The fraction of sp³-hybridized carbons (Fsp3) is 0.286. The summed E-state index contributed by atoms with van der Waals surface area (Å²) < 4.78 is 15.6. The first-order valence-electron chi connectivity index (χ1n) is 5.93. The van der Waals surface area contributed by atoms with Gasteiger partial charge in [-0.25, -0.2) is 9.37 Å². The molecule has 0 spiro atoms. The fourth-order valence-corrected chi connectivity index (χ4v) is 1.88. The zero-order chi connectivity index (χ0) is 13.0. The van der Waals surface area contributed by atoms with Crippen LogP contribution in [0.4, 0.5) is 4.39 Å². The van der Waals surface area contributed by atoms with Gasteiger partial charge in [0.15, 0.2) is 0 Å². The molecule has 0 aliphatic heterocycles. The first-order valence-corrected chi connectivity index (χ1v) is 5.93. The Balaban J connectivity index is 2.28. The van der Waals surface area contributed by atoms with Gasteiger partial charge in [0.05, 0.1) is 18.2 Å². The fourth-order valence-electron chi connectivity index (χ4n) is 1.88. The lowest BCUT2D eigenvalue weighted by Gasteiger charge is -2.08. The summed E-state index contributed by atoms with van der Waals surface area (Å²) >= 11 is 0. The number of nitriles is 1. The van der Waals surface area contributed by atoms with Crippen molar-refractivity contribution in [2.75, 3.05) is 0 Å². The topological polar surface area (TPSA) is 41.6 Å². The number of aryl methyl sites for hydroxylation is 1. The molecule has 0 atom stereocenters. The molecule has 18 heavy (non-hydrogen) atoms. The van der Waals surface area contributed by atoms with Gasteiger partial charge in [0.25, 0.3) is 0 Å². The van der Waals surface area contributed by atoms with Crippen molar-refractivity contribution in [3.8, 4) is 6.07 Å². The van der Waals surface area contributed by atoms with E-state index in [1.54, 1.807) is 12.3 Å². The van der Waals surface area contributed by atoms with E-state index in [1.807, 2.05) is 16.8 Å². The Labute approximate surface area is 106 Å². The van der Waals surface area contributed by atoms with Crippen LogP contribution < -0.4 is 0 Å². The predicted octanol–water partition coefficient (Wildman–Crippen LogP) is 2.89. The molecule has 2 aromatic rings. The molecule has 0 saturated heterocycles. The van der Waals surface area contributed by atoms with Gasteiger partial charge < -0.3 is 4.57 Å². The van der Waals surface area contributed by atoms with Crippen molar-refractivity contribution in [1.29, 1.82) is 5.26 Å². The van der Waals surface area contributed by atoms with Crippen LogP contribution in [-0.4, -0.2) is 9.55 Å². The SMILES string of the molecule is CCCc1nccn1Cc1cc(C#N)ccc1F. The Morgan fingerprint density at radius 3 is 3.00 bits per heavy atom. The van der Waals surface area contributed by atoms with Gasteiger partial charge >= 0.3 is 0 Å². The minimum absolute atomic E-state index is 0.287. The molecule has 0 radical (unpaired) electrons. The molecule has 3 nitrogen and oxygen atoms in total. The molecule has 0 amide bonds. The maximum absolute atomic E-state index is 13.7. The van der Waals surface area contributed by atoms with E-state index in [4.69, 9.17) is 5.26 Å². The maximum atomic E-state index is 13.7. The van der Waals surface area contributed by atoms with Crippen molar-refractivity contribution >= 4 is 0 Å². The van der Waals surface area contributed by atoms with E-state index in [-0.39, 0.29) is 5.82 Å². The van der Waals surface area contributed by atoms with Gasteiger partial charge in [-0.05, 0) is 24.6 Å². The molecular formula is C14H14FN3. The van der Waals surface area contributed by atoms with Crippen molar-refractivity contribution in [3.05, 3.63) is 53.4 Å². The molecule has 1 heterocycles. The highest BCUT2D eigenvalue weighted by molar-refractivity contribution is 5.34. The lowest BCUT2D eigenvalue weighted by atomic mass is 10.1. The van der Waals surface area contributed by atoms with Gasteiger partial charge in [0, 0.05) is 24.4 Å². The summed E-state index contributed by atoms with van der Waals surface area (Å²) in [7, 11) is 0. The average molecular weight is 243 g/mol. The molecule has 0 aliphatic rings. The summed E-state index contributed by atoms with van der Waals surface area (Å²) in [6, 6.07) is 6.43. The average Bonchev–Trinajstić information content (AvgIpc) is 2.80. The van der Waals surface area contributed by atoms with E-state index < -0.39 is 0 Å². The van der Waals surface area contributed by atoms with Crippen LogP contribution in [0.5, 0.6) is 0 Å². The summed E-state index contributed by atoms with van der Waals surface area (Å²) in [4.78, 5) is 4.25. The summed E-state index contributed by atoms with van der Waals surface area (Å²) in [5, 5.41) is 8.83. The molecule has 2 rings (SSSR count). The van der Waals surface area contributed by atoms with E-state index >= 15 is 0 Å². The molecule has 0 N–H and O–H groups in total. The number of aromatic nitrogens is 2. The Hall–Kier alpha value is -2.15. The normalized spacial score (nSPS) is 10.3. The van der Waals surface area contributed by atoms with Gasteiger partial charge in [-0.2, -0.15) is 5.26 Å². The van der Waals surface area contributed by atoms with E-state index in [9.17, 15) is 4.39 Å². The van der Waals surface area contributed by atoms with Crippen LogP contribution in [-0.2, 0) is 13.0 Å². The minimum atomic E-state index is -0.287. The number of nitrogens with zero attached hydrogens (tertiary/aromatic N) is 3. The largest absolute Gasteiger partial charge is 0.330 e. The van der Waals surface area contributed by atoms with Gasteiger partial charge in [-0.15, -0.1) is 0 Å². The highest BCUT2D eigenvalue weighted by atomic mass is 19.1. The second-order valence-electron chi connectivity index (χ2n) is 4.14. The first-order chi connectivity index (χ1) is 8.74. The van der Waals surface area contributed by atoms with Crippen molar-refractivity contribution in [2.24, 2.45) is 0 Å². The molecular weight excluding hydrogens is 229 g/mol. The van der Waals surface area contributed by atoms with Gasteiger partial charge in [0.2, 0.25) is 0 Å². The second-order valence-corrected chi connectivity index (χ2v) is 4.14. The van der Waals surface area contributed by atoms with E-state index in [2.05, 4.69) is 11.9 Å². The third-order valence-electron chi connectivity index (χ3n) is 2.79. The number of rotatable bonds is 4. The monoisotopic (exact) mass is 243 g/mol. The minimum Gasteiger partial charge on any atom is -0.330 e. The van der Waals surface area contributed by atoms with E-state index in [0.717, 1.165) is 18.7 Å². The van der Waals surface area contributed by atoms with E-state index in [1.165, 1.54) is 12.1 Å². The molecule has 0 aliphatic carbocycles. The number of hydrogen-bond donors (Lipinski definition) is 0. The summed E-state index contributed by atoms with van der Waals surface area (Å²) in [6.45, 7) is 2.49. The molecule has 0 bridgehead atoms. The summed E-state index contributed by atoms with van der Waals surface area (Å²) in [5.74, 6) is 0.657. The molecule has 92 valence electrons. The van der Waals surface area contributed by atoms with Crippen molar-refractivity contribution in [3.63, 3.8) is 0 Å². The number of halogens is 1. The molecule has 4 heteroatoms. The number of imidazole rings is 1. The standard InChI is InChI=1S/C14H14FN3/c1-2-3-14-17-6-7-18(14)10-12-8-11(9-16)4-5-13(12)15/h4-8H,2-3,10H2,1H3. The lowest BCUT2D eigenvalue weighted by Crippen LogP contribution is -2.06. The Morgan fingerprint density at radius 2 is 2.28 bits per heavy atom. The highest BCUT2D eigenvalue weighted by Crippen LogP contribution is 2.13. The van der Waals surface area contributed by atoms with E-state index in [0.29, 0.717) is 17.7 Å². The lowest BCUT2D eigenvalue weighted by molar-refractivity contribution is 0.593. The van der Waals surface area contributed by atoms with Crippen LogP contribution in [0.3, 0.4) is 0 Å². The summed E-state index contributed by atoms with van der Waals surface area (Å²) in [5.41, 5.74) is 0.993. The zero-order valence-corrected chi connectivity index (χ0v) is 10.2. The van der Waals surface area contributed by atoms with Crippen molar-refractivity contribution < 1.29 is 4.39 Å². The molecule has 0 saturated carbocycles. The van der Waals surface area contributed by atoms with Crippen LogP contribution >= 0.6 is 0 Å². The Morgan fingerprint density at radius 1 is 1.44 bits per heavy atom. The molecule has 1 aromatic carbocycles. The van der Waals surface area contributed by atoms with Crippen molar-refractivity contribution in [1.82, 2.24) is 9.55 Å². The number of benzene rings is 1. The quantitative estimate of drug-likeness (QED) is 0.828. The third-order valence-corrected chi connectivity index (χ3v) is 2.79. The smallest absolute Gasteiger partial charge is 0.128 e. The Bertz CT molecular complexity index is 581. The van der Waals surface area contributed by atoms with Crippen molar-refractivity contribution in [2.45, 2.75) is 26.3 Å². The highest BCUT2D eigenvalue weighted by Gasteiger charge is 2.07. The zero-order valence-electron chi connectivity index (χ0n) is 10.2. The van der Waals surface area contributed by atoms with Crippen LogP contribution in [0.1, 0.15) is 30.3 Å². The number of hydrogen-bond acceptors (Lipinski definition) is 2. The molecule has 0 fully saturated rings. The molecule has 1 aromatic heterocycles. The van der Waals surface area contributed by atoms with Gasteiger partial charge in [-0.1, -0.05) is 6.92 Å². The predicted molar refractivity (Wildman–Crippen MR) is 66.4 cm³/mol. The summed E-state index contributed by atoms with van der Waals surface area (Å²) in [6.07, 6.45) is 5.42. The Kier molecular flexibility index (Phi) is 3.73. The maximum Gasteiger partial charge on any atom is 0.128 e.